The molecule has 1 fully saturated rings. The molecule has 3 nitrogen and oxygen atoms in total. The van der Waals surface area contributed by atoms with Crippen LogP contribution in [-0.4, -0.2) is 37.5 Å². The highest BCUT2D eigenvalue weighted by molar-refractivity contribution is 5.78. The minimum absolute atomic E-state index is 0.227. The van der Waals surface area contributed by atoms with Crippen LogP contribution >= 0.6 is 0 Å². The number of hydrogen-bond acceptors (Lipinski definition) is 2. The van der Waals surface area contributed by atoms with Crippen LogP contribution in [0.4, 0.5) is 0 Å². The monoisotopic (exact) mass is 184 g/mol. The zero-order valence-electron chi connectivity index (χ0n) is 8.68. The predicted octanol–water partition coefficient (Wildman–Crippen LogP) is 0.854. The fraction of sp³-hybridized carbons (Fsp3) is 0.900. The lowest BCUT2D eigenvalue weighted by atomic mass is 9.98. The molecule has 1 heterocycles. The molecule has 1 amide bonds. The van der Waals surface area contributed by atoms with Gasteiger partial charge >= 0.3 is 0 Å². The van der Waals surface area contributed by atoms with Crippen molar-refractivity contribution in [3.05, 3.63) is 0 Å². The van der Waals surface area contributed by atoms with Crippen molar-refractivity contribution in [3.8, 4) is 0 Å². The summed E-state index contributed by atoms with van der Waals surface area (Å²) in [7, 11) is 2.08. The van der Waals surface area contributed by atoms with E-state index < -0.39 is 0 Å². The molecule has 1 rings (SSSR count). The molecule has 1 aliphatic rings. The summed E-state index contributed by atoms with van der Waals surface area (Å²) in [6.45, 7) is 4.96. The van der Waals surface area contributed by atoms with Gasteiger partial charge in [-0.25, -0.2) is 0 Å². The first-order valence-corrected chi connectivity index (χ1v) is 5.20. The van der Waals surface area contributed by atoms with Gasteiger partial charge in [-0.15, -0.1) is 0 Å². The van der Waals surface area contributed by atoms with Gasteiger partial charge in [0.25, 0.3) is 0 Å². The Morgan fingerprint density at radius 1 is 1.62 bits per heavy atom. The summed E-state index contributed by atoms with van der Waals surface area (Å²) < 4.78 is 0. The maximum absolute atomic E-state index is 11.6. The summed E-state index contributed by atoms with van der Waals surface area (Å²) in [6.07, 6.45) is 3.23. The van der Waals surface area contributed by atoms with Crippen LogP contribution in [0, 0.1) is 5.92 Å². The number of piperidine rings is 1. The summed E-state index contributed by atoms with van der Waals surface area (Å²) in [5.74, 6) is 0.471. The number of carbonyl (C=O) groups excluding carboxylic acids is 1. The average molecular weight is 184 g/mol. The molecule has 0 bridgehead atoms. The molecule has 0 aromatic carbocycles. The summed E-state index contributed by atoms with van der Waals surface area (Å²) in [5.41, 5.74) is 0. The minimum Gasteiger partial charge on any atom is -0.356 e. The molecule has 1 atom stereocenters. The number of hydrogen-bond donors (Lipinski definition) is 1. The number of carbonyl (C=O) groups is 1. The van der Waals surface area contributed by atoms with Gasteiger partial charge in [-0.1, -0.05) is 6.92 Å². The van der Waals surface area contributed by atoms with E-state index in [-0.39, 0.29) is 11.8 Å². The standard InChI is InChI=1S/C10H20N2O/c1-3-6-11-10(13)9-5-4-7-12(2)8-9/h9H,3-8H2,1-2H3,(H,11,13)/t9-/m1/s1. The molecule has 13 heavy (non-hydrogen) atoms. The lowest BCUT2D eigenvalue weighted by molar-refractivity contribution is -0.126. The van der Waals surface area contributed by atoms with Crippen molar-refractivity contribution in [2.45, 2.75) is 26.2 Å². The highest BCUT2D eigenvalue weighted by atomic mass is 16.1. The van der Waals surface area contributed by atoms with E-state index in [4.69, 9.17) is 0 Å². The fourth-order valence-corrected chi connectivity index (χ4v) is 1.77. The number of likely N-dealkylation sites (tertiary alicyclic amines) is 1. The van der Waals surface area contributed by atoms with Crippen molar-refractivity contribution in [3.63, 3.8) is 0 Å². The molecule has 1 saturated heterocycles. The Labute approximate surface area is 80.5 Å². The summed E-state index contributed by atoms with van der Waals surface area (Å²) in [5, 5.41) is 2.96. The van der Waals surface area contributed by atoms with E-state index >= 15 is 0 Å². The second-order valence-corrected chi connectivity index (χ2v) is 3.89. The first kappa shape index (κ1) is 10.5. The number of nitrogens with zero attached hydrogens (tertiary/aromatic N) is 1. The lowest BCUT2D eigenvalue weighted by Crippen LogP contribution is -2.41. The predicted molar refractivity (Wildman–Crippen MR) is 53.5 cm³/mol. The molecule has 0 radical (unpaired) electrons. The SMILES string of the molecule is CCCNC(=O)[C@@H]1CCCN(C)C1. The van der Waals surface area contributed by atoms with Crippen LogP contribution in [0.25, 0.3) is 0 Å². The van der Waals surface area contributed by atoms with Crippen LogP contribution < -0.4 is 5.32 Å². The molecule has 1 N–H and O–H groups in total. The molecule has 76 valence electrons. The van der Waals surface area contributed by atoms with Crippen LogP contribution in [0.15, 0.2) is 0 Å². The van der Waals surface area contributed by atoms with E-state index in [1.54, 1.807) is 0 Å². The van der Waals surface area contributed by atoms with E-state index in [1.807, 2.05) is 0 Å². The van der Waals surface area contributed by atoms with Gasteiger partial charge in [-0.3, -0.25) is 4.79 Å². The van der Waals surface area contributed by atoms with Gasteiger partial charge < -0.3 is 10.2 Å². The summed E-state index contributed by atoms with van der Waals surface area (Å²) >= 11 is 0. The minimum atomic E-state index is 0.227. The summed E-state index contributed by atoms with van der Waals surface area (Å²) in [6, 6.07) is 0. The second-order valence-electron chi connectivity index (χ2n) is 3.89. The van der Waals surface area contributed by atoms with E-state index in [2.05, 4.69) is 24.2 Å². The third-order valence-electron chi connectivity index (χ3n) is 2.54. The number of nitrogens with one attached hydrogen (secondary N) is 1. The van der Waals surface area contributed by atoms with Crippen molar-refractivity contribution in [1.82, 2.24) is 10.2 Å². The van der Waals surface area contributed by atoms with E-state index in [0.717, 1.165) is 38.9 Å². The smallest absolute Gasteiger partial charge is 0.224 e. The van der Waals surface area contributed by atoms with Crippen LogP contribution in [0.5, 0.6) is 0 Å². The van der Waals surface area contributed by atoms with Crippen LogP contribution in [0.1, 0.15) is 26.2 Å². The highest BCUT2D eigenvalue weighted by Crippen LogP contribution is 2.14. The highest BCUT2D eigenvalue weighted by Gasteiger charge is 2.22. The molecule has 0 aromatic rings. The molecular formula is C10H20N2O. The van der Waals surface area contributed by atoms with Gasteiger partial charge in [0.05, 0.1) is 5.92 Å². The van der Waals surface area contributed by atoms with Crippen molar-refractivity contribution in [2.24, 2.45) is 5.92 Å². The molecule has 0 saturated carbocycles. The Morgan fingerprint density at radius 3 is 3.00 bits per heavy atom. The van der Waals surface area contributed by atoms with Gasteiger partial charge in [0.1, 0.15) is 0 Å². The van der Waals surface area contributed by atoms with Crippen molar-refractivity contribution in [2.75, 3.05) is 26.7 Å². The molecule has 0 unspecified atom stereocenters. The summed E-state index contributed by atoms with van der Waals surface area (Å²) in [4.78, 5) is 13.8. The Kier molecular flexibility index (Phi) is 4.22. The second kappa shape index (κ2) is 5.22. The third-order valence-corrected chi connectivity index (χ3v) is 2.54. The van der Waals surface area contributed by atoms with Crippen LogP contribution in [0.3, 0.4) is 0 Å². The zero-order chi connectivity index (χ0) is 9.68. The Morgan fingerprint density at radius 2 is 2.38 bits per heavy atom. The largest absolute Gasteiger partial charge is 0.356 e. The van der Waals surface area contributed by atoms with Crippen molar-refractivity contribution in [1.29, 1.82) is 0 Å². The first-order chi connectivity index (χ1) is 6.24. The molecule has 3 heteroatoms. The van der Waals surface area contributed by atoms with E-state index in [0.29, 0.717) is 0 Å². The van der Waals surface area contributed by atoms with Crippen molar-refractivity contribution < 1.29 is 4.79 Å². The molecule has 1 aliphatic heterocycles. The lowest BCUT2D eigenvalue weighted by Gasteiger charge is -2.28. The van der Waals surface area contributed by atoms with Gasteiger partial charge in [-0.2, -0.15) is 0 Å². The molecule has 0 spiro atoms. The number of rotatable bonds is 3. The quantitative estimate of drug-likeness (QED) is 0.705. The van der Waals surface area contributed by atoms with Gasteiger partial charge in [0.15, 0.2) is 0 Å². The third kappa shape index (κ3) is 3.35. The normalized spacial score (nSPS) is 24.3. The Balaban J connectivity index is 2.28. The maximum atomic E-state index is 11.6. The van der Waals surface area contributed by atoms with Crippen LogP contribution in [-0.2, 0) is 4.79 Å². The molecular weight excluding hydrogens is 164 g/mol. The Bertz CT molecular complexity index is 170. The first-order valence-electron chi connectivity index (χ1n) is 5.20. The topological polar surface area (TPSA) is 32.3 Å². The van der Waals surface area contributed by atoms with E-state index in [1.165, 1.54) is 0 Å². The average Bonchev–Trinajstić information content (AvgIpc) is 2.14. The van der Waals surface area contributed by atoms with Gasteiger partial charge in [0, 0.05) is 13.1 Å². The van der Waals surface area contributed by atoms with Crippen molar-refractivity contribution >= 4 is 5.91 Å². The fourth-order valence-electron chi connectivity index (χ4n) is 1.77. The van der Waals surface area contributed by atoms with E-state index in [9.17, 15) is 4.79 Å². The zero-order valence-corrected chi connectivity index (χ0v) is 8.68. The number of amides is 1. The Hall–Kier alpha value is -0.570. The molecule has 0 aromatic heterocycles. The van der Waals surface area contributed by atoms with Crippen LogP contribution in [0.2, 0.25) is 0 Å². The maximum Gasteiger partial charge on any atom is 0.224 e. The molecule has 0 aliphatic carbocycles. The van der Waals surface area contributed by atoms with Gasteiger partial charge in [0.2, 0.25) is 5.91 Å². The van der Waals surface area contributed by atoms with Gasteiger partial charge in [-0.05, 0) is 32.9 Å².